The van der Waals surface area contributed by atoms with E-state index in [2.05, 4.69) is 0 Å². The van der Waals surface area contributed by atoms with Crippen LogP contribution in [0.3, 0.4) is 0 Å². The Kier molecular flexibility index (Phi) is 5.58. The van der Waals surface area contributed by atoms with Gasteiger partial charge in [-0.3, -0.25) is 4.79 Å². The first kappa shape index (κ1) is 17.5. The zero-order valence-electron chi connectivity index (χ0n) is 13.7. The molecule has 2 N–H and O–H groups in total. The van der Waals surface area contributed by atoms with Gasteiger partial charge in [-0.15, -0.1) is 0 Å². The summed E-state index contributed by atoms with van der Waals surface area (Å²) in [6, 6.07) is 9.71. The number of aromatic hydroxyl groups is 1. The second-order valence-electron chi connectivity index (χ2n) is 5.54. The number of benzene rings is 2. The van der Waals surface area contributed by atoms with Gasteiger partial charge in [0.1, 0.15) is 18.1 Å². The lowest BCUT2D eigenvalue weighted by molar-refractivity contribution is 0.0696. The van der Waals surface area contributed by atoms with Crippen LogP contribution in [0.4, 0.5) is 0 Å². The Hall–Kier alpha value is -2.82. The molecule has 0 unspecified atom stereocenters. The van der Waals surface area contributed by atoms with Gasteiger partial charge in [-0.1, -0.05) is 25.5 Å². The van der Waals surface area contributed by atoms with Crippen LogP contribution in [-0.4, -0.2) is 22.0 Å². The molecule has 5 heteroatoms. The third kappa shape index (κ3) is 3.93. The number of hydrogen-bond donors (Lipinski definition) is 2. The van der Waals surface area contributed by atoms with Crippen molar-refractivity contribution in [3.8, 4) is 11.5 Å². The van der Waals surface area contributed by atoms with E-state index >= 15 is 0 Å². The Morgan fingerprint density at radius 1 is 1.17 bits per heavy atom. The molecule has 0 aliphatic carbocycles. The van der Waals surface area contributed by atoms with E-state index < -0.39 is 5.97 Å². The number of phenolic OH excluding ortho intramolecular Hbond substituents is 1. The molecule has 0 aromatic heterocycles. The van der Waals surface area contributed by atoms with Crippen LogP contribution in [0.1, 0.15) is 52.1 Å². The lowest BCUT2D eigenvalue weighted by Crippen LogP contribution is -2.03. The van der Waals surface area contributed by atoms with Crippen molar-refractivity contribution in [3.63, 3.8) is 0 Å². The number of ketones is 1. The summed E-state index contributed by atoms with van der Waals surface area (Å²) in [5.74, 6) is -0.737. The Morgan fingerprint density at radius 2 is 1.92 bits per heavy atom. The average molecular weight is 328 g/mol. The SMILES string of the molecule is CCCc1c(OCc2cccc(C(=O)O)c2)ccc(C(C)=O)c1O. The summed E-state index contributed by atoms with van der Waals surface area (Å²) in [6.45, 7) is 3.55. The van der Waals surface area contributed by atoms with Gasteiger partial charge in [-0.2, -0.15) is 0 Å². The molecule has 0 aliphatic rings. The molecule has 0 spiro atoms. The van der Waals surface area contributed by atoms with E-state index in [-0.39, 0.29) is 29.3 Å². The highest BCUT2D eigenvalue weighted by atomic mass is 16.5. The molecule has 2 aromatic rings. The van der Waals surface area contributed by atoms with Crippen LogP contribution in [-0.2, 0) is 13.0 Å². The predicted octanol–water partition coefficient (Wildman–Crippen LogP) is 3.82. The van der Waals surface area contributed by atoms with E-state index in [0.29, 0.717) is 23.3 Å². The number of Topliss-reactive ketones (excluding diaryl/α,β-unsaturated/α-hetero) is 1. The summed E-state index contributed by atoms with van der Waals surface area (Å²) < 4.78 is 5.76. The van der Waals surface area contributed by atoms with Crippen molar-refractivity contribution in [3.05, 3.63) is 58.7 Å². The van der Waals surface area contributed by atoms with Gasteiger partial charge in [0.15, 0.2) is 5.78 Å². The second-order valence-corrected chi connectivity index (χ2v) is 5.54. The minimum atomic E-state index is -0.994. The number of carbonyl (C=O) groups excluding carboxylic acids is 1. The lowest BCUT2D eigenvalue weighted by Gasteiger charge is -2.15. The molecule has 2 aromatic carbocycles. The summed E-state index contributed by atoms with van der Waals surface area (Å²) in [6.07, 6.45) is 1.37. The fraction of sp³-hybridized carbons (Fsp3) is 0.263. The van der Waals surface area contributed by atoms with Crippen molar-refractivity contribution in [1.82, 2.24) is 0 Å². The normalized spacial score (nSPS) is 10.4. The maximum Gasteiger partial charge on any atom is 0.335 e. The van der Waals surface area contributed by atoms with E-state index in [4.69, 9.17) is 9.84 Å². The smallest absolute Gasteiger partial charge is 0.335 e. The summed E-state index contributed by atoms with van der Waals surface area (Å²) in [7, 11) is 0. The Bertz CT molecular complexity index is 764. The fourth-order valence-corrected chi connectivity index (χ4v) is 2.48. The van der Waals surface area contributed by atoms with E-state index in [1.54, 1.807) is 30.3 Å². The summed E-state index contributed by atoms with van der Waals surface area (Å²) in [5, 5.41) is 19.3. The molecule has 0 fully saturated rings. The van der Waals surface area contributed by atoms with Crippen LogP contribution in [0.25, 0.3) is 0 Å². The van der Waals surface area contributed by atoms with Crippen molar-refractivity contribution in [2.45, 2.75) is 33.3 Å². The van der Waals surface area contributed by atoms with Gasteiger partial charge >= 0.3 is 5.97 Å². The predicted molar refractivity (Wildman–Crippen MR) is 89.8 cm³/mol. The Balaban J connectivity index is 2.26. The zero-order chi connectivity index (χ0) is 17.7. The summed E-state index contributed by atoms with van der Waals surface area (Å²) in [5.41, 5.74) is 1.78. The van der Waals surface area contributed by atoms with Crippen molar-refractivity contribution in [2.24, 2.45) is 0 Å². The van der Waals surface area contributed by atoms with Crippen LogP contribution in [0, 0.1) is 0 Å². The van der Waals surface area contributed by atoms with Crippen molar-refractivity contribution < 1.29 is 24.5 Å². The first-order chi connectivity index (χ1) is 11.4. The minimum absolute atomic E-state index is 0.0406. The molecule has 0 saturated carbocycles. The van der Waals surface area contributed by atoms with E-state index in [0.717, 1.165) is 6.42 Å². The van der Waals surface area contributed by atoms with E-state index in [9.17, 15) is 14.7 Å². The van der Waals surface area contributed by atoms with Gasteiger partial charge in [0.05, 0.1) is 11.1 Å². The molecule has 0 heterocycles. The number of aromatic carboxylic acids is 1. The molecule has 5 nitrogen and oxygen atoms in total. The number of carbonyl (C=O) groups is 2. The van der Waals surface area contributed by atoms with Crippen molar-refractivity contribution in [1.29, 1.82) is 0 Å². The van der Waals surface area contributed by atoms with Crippen LogP contribution in [0.5, 0.6) is 11.5 Å². The van der Waals surface area contributed by atoms with Crippen LogP contribution in [0.15, 0.2) is 36.4 Å². The quantitative estimate of drug-likeness (QED) is 0.755. The van der Waals surface area contributed by atoms with Gasteiger partial charge < -0.3 is 14.9 Å². The minimum Gasteiger partial charge on any atom is -0.507 e. The lowest BCUT2D eigenvalue weighted by atomic mass is 10.0. The molecule has 0 saturated heterocycles. The standard InChI is InChI=1S/C19H20O5/c1-3-5-16-17(9-8-15(12(2)20)18(16)21)24-11-13-6-4-7-14(10-13)19(22)23/h4,6-10,21H,3,5,11H2,1-2H3,(H,22,23). The van der Waals surface area contributed by atoms with Gasteiger partial charge in [0.2, 0.25) is 0 Å². The zero-order valence-corrected chi connectivity index (χ0v) is 13.7. The molecule has 0 radical (unpaired) electrons. The topological polar surface area (TPSA) is 83.8 Å². The van der Waals surface area contributed by atoms with Crippen molar-refractivity contribution in [2.75, 3.05) is 0 Å². The summed E-state index contributed by atoms with van der Waals surface area (Å²) in [4.78, 5) is 22.6. The van der Waals surface area contributed by atoms with Gasteiger partial charge in [-0.05, 0) is 43.2 Å². The molecule has 0 bridgehead atoms. The number of carboxylic acids is 1. The molecule has 24 heavy (non-hydrogen) atoms. The number of phenols is 1. The number of rotatable bonds is 7. The fourth-order valence-electron chi connectivity index (χ4n) is 2.48. The van der Waals surface area contributed by atoms with Crippen LogP contribution >= 0.6 is 0 Å². The molecule has 2 rings (SSSR count). The number of carboxylic acid groups (broad SMARTS) is 1. The van der Waals surface area contributed by atoms with E-state index in [1.165, 1.54) is 13.0 Å². The second kappa shape index (κ2) is 7.64. The number of hydrogen-bond acceptors (Lipinski definition) is 4. The number of ether oxygens (including phenoxy) is 1. The highest BCUT2D eigenvalue weighted by Crippen LogP contribution is 2.33. The van der Waals surface area contributed by atoms with Crippen molar-refractivity contribution >= 4 is 11.8 Å². The van der Waals surface area contributed by atoms with Crippen LogP contribution in [0.2, 0.25) is 0 Å². The third-order valence-corrected chi connectivity index (χ3v) is 3.69. The highest BCUT2D eigenvalue weighted by Gasteiger charge is 2.16. The Labute approximate surface area is 140 Å². The average Bonchev–Trinajstić information content (AvgIpc) is 2.55. The molecule has 126 valence electrons. The molecular weight excluding hydrogens is 308 g/mol. The monoisotopic (exact) mass is 328 g/mol. The molecular formula is C19H20O5. The van der Waals surface area contributed by atoms with E-state index in [1.807, 2.05) is 6.92 Å². The summed E-state index contributed by atoms with van der Waals surface area (Å²) >= 11 is 0. The maximum atomic E-state index is 11.6. The molecule has 0 atom stereocenters. The van der Waals surface area contributed by atoms with Gasteiger partial charge in [0, 0.05) is 5.56 Å². The highest BCUT2D eigenvalue weighted by molar-refractivity contribution is 5.97. The van der Waals surface area contributed by atoms with Gasteiger partial charge in [0.25, 0.3) is 0 Å². The Morgan fingerprint density at radius 3 is 2.54 bits per heavy atom. The largest absolute Gasteiger partial charge is 0.507 e. The first-order valence-corrected chi connectivity index (χ1v) is 7.74. The molecule has 0 amide bonds. The van der Waals surface area contributed by atoms with Gasteiger partial charge in [-0.25, -0.2) is 4.79 Å². The van der Waals surface area contributed by atoms with Crippen LogP contribution < -0.4 is 4.74 Å². The first-order valence-electron chi connectivity index (χ1n) is 7.74. The third-order valence-electron chi connectivity index (χ3n) is 3.69. The maximum absolute atomic E-state index is 11.6. The molecule has 0 aliphatic heterocycles.